The molecule has 0 bridgehead atoms. The van der Waals surface area contributed by atoms with Gasteiger partial charge in [0.2, 0.25) is 0 Å². The summed E-state index contributed by atoms with van der Waals surface area (Å²) in [4.78, 5) is 27.4. The van der Waals surface area contributed by atoms with E-state index in [4.69, 9.17) is 11.1 Å². The molecule has 1 atom stereocenters. The molecule has 1 heterocycles. The molecule has 5 N–H and O–H groups in total. The number of anilines is 1. The van der Waals surface area contributed by atoms with Crippen molar-refractivity contribution in [1.82, 2.24) is 5.32 Å². The Kier molecular flexibility index (Phi) is 7.88. The summed E-state index contributed by atoms with van der Waals surface area (Å²) < 4.78 is 0. The number of amides is 1. The Morgan fingerprint density at radius 2 is 1.66 bits per heavy atom. The van der Waals surface area contributed by atoms with Crippen LogP contribution >= 0.6 is 0 Å². The summed E-state index contributed by atoms with van der Waals surface area (Å²) in [5, 5.41) is 21.0. The third kappa shape index (κ3) is 5.84. The van der Waals surface area contributed by atoms with Crippen LogP contribution in [0.5, 0.6) is 0 Å². The lowest BCUT2D eigenvalue weighted by atomic mass is 9.83. The lowest BCUT2D eigenvalue weighted by Crippen LogP contribution is -2.34. The lowest BCUT2D eigenvalue weighted by molar-refractivity contribution is 0.0697. The molecular weight excluding hydrogens is 512 g/mol. The molecule has 1 aliphatic heterocycles. The van der Waals surface area contributed by atoms with Crippen LogP contribution in [0.1, 0.15) is 62.7 Å². The Hall–Kier alpha value is -4.91. The number of carbonyl (C=O) groups is 2. The fourth-order valence-corrected chi connectivity index (χ4v) is 5.45. The predicted octanol–water partition coefficient (Wildman–Crippen LogP) is 5.87. The van der Waals surface area contributed by atoms with E-state index in [-0.39, 0.29) is 29.1 Å². The molecule has 1 amide bonds. The maximum atomic E-state index is 12.7. The highest BCUT2D eigenvalue weighted by Crippen LogP contribution is 2.40. The predicted molar refractivity (Wildman–Crippen MR) is 163 cm³/mol. The number of aromatic carboxylic acids is 1. The first-order valence-corrected chi connectivity index (χ1v) is 13.7. The number of nitrogens with zero attached hydrogens (tertiary/aromatic N) is 1. The van der Waals surface area contributed by atoms with Crippen molar-refractivity contribution in [3.8, 4) is 11.1 Å². The van der Waals surface area contributed by atoms with Gasteiger partial charge in [-0.25, -0.2) is 4.79 Å². The van der Waals surface area contributed by atoms with Gasteiger partial charge in [0.15, 0.2) is 0 Å². The fraction of sp³-hybridized carbons (Fsp3) is 0.206. The number of amidine groups is 1. The zero-order valence-corrected chi connectivity index (χ0v) is 23.2. The van der Waals surface area contributed by atoms with Gasteiger partial charge in [-0.05, 0) is 52.4 Å². The van der Waals surface area contributed by atoms with E-state index in [0.29, 0.717) is 36.3 Å². The summed E-state index contributed by atoms with van der Waals surface area (Å²) in [7, 11) is 0. The van der Waals surface area contributed by atoms with E-state index >= 15 is 0 Å². The van der Waals surface area contributed by atoms with Gasteiger partial charge in [0.25, 0.3) is 5.91 Å². The van der Waals surface area contributed by atoms with Crippen LogP contribution in [0, 0.1) is 11.3 Å². The van der Waals surface area contributed by atoms with Crippen LogP contribution in [0.15, 0.2) is 91.0 Å². The van der Waals surface area contributed by atoms with Crippen molar-refractivity contribution in [1.29, 1.82) is 5.41 Å². The molecule has 0 radical (unpaired) electrons. The normalized spacial score (nSPS) is 14.4. The second-order valence-corrected chi connectivity index (χ2v) is 10.9. The van der Waals surface area contributed by atoms with Gasteiger partial charge in [-0.2, -0.15) is 0 Å². The minimum absolute atomic E-state index is 0.0262. The van der Waals surface area contributed by atoms with Gasteiger partial charge < -0.3 is 21.1 Å². The minimum atomic E-state index is -1.09. The number of carboxylic acid groups (broad SMARTS) is 1. The van der Waals surface area contributed by atoms with E-state index in [1.54, 1.807) is 12.1 Å². The maximum Gasteiger partial charge on any atom is 0.336 e. The number of nitrogens with one attached hydrogen (secondary N) is 2. The molecule has 0 aliphatic carbocycles. The smallest absolute Gasteiger partial charge is 0.336 e. The Morgan fingerprint density at radius 1 is 0.951 bits per heavy atom. The molecule has 5 rings (SSSR count). The van der Waals surface area contributed by atoms with Crippen LogP contribution in [0.25, 0.3) is 11.1 Å². The van der Waals surface area contributed by atoms with Crippen molar-refractivity contribution >= 4 is 23.4 Å². The number of nitrogens with two attached hydrogens (primary N) is 1. The highest BCUT2D eigenvalue weighted by atomic mass is 16.4. The molecule has 4 aromatic rings. The van der Waals surface area contributed by atoms with E-state index in [0.717, 1.165) is 27.9 Å². The number of carbonyl (C=O) groups excluding carboxylic acids is 1. The Bertz CT molecular complexity index is 1610. The first kappa shape index (κ1) is 27.6. The van der Waals surface area contributed by atoms with Gasteiger partial charge >= 0.3 is 5.97 Å². The summed E-state index contributed by atoms with van der Waals surface area (Å²) >= 11 is 0. The number of rotatable bonds is 8. The van der Waals surface area contributed by atoms with E-state index in [1.165, 1.54) is 6.07 Å². The van der Waals surface area contributed by atoms with Crippen LogP contribution in [0.3, 0.4) is 0 Å². The molecule has 0 saturated heterocycles. The Morgan fingerprint density at radius 3 is 2.37 bits per heavy atom. The minimum Gasteiger partial charge on any atom is -0.478 e. The Labute approximate surface area is 240 Å². The van der Waals surface area contributed by atoms with Crippen molar-refractivity contribution in [2.45, 2.75) is 26.3 Å². The van der Waals surface area contributed by atoms with Gasteiger partial charge in [-0.15, -0.1) is 0 Å². The van der Waals surface area contributed by atoms with Crippen molar-refractivity contribution in [2.24, 2.45) is 11.7 Å². The number of nitrogen functional groups attached to an aromatic ring is 1. The van der Waals surface area contributed by atoms with E-state index in [2.05, 4.69) is 22.3 Å². The molecule has 208 valence electrons. The number of hydrogen-bond acceptors (Lipinski definition) is 4. The number of fused-ring (bicyclic) bond motifs is 1. The summed E-state index contributed by atoms with van der Waals surface area (Å²) in [5.41, 5.74) is 12.6. The molecule has 0 spiro atoms. The molecular formula is C34H34N4O3. The van der Waals surface area contributed by atoms with Crippen molar-refractivity contribution in [3.63, 3.8) is 0 Å². The second-order valence-electron chi connectivity index (χ2n) is 10.9. The first-order valence-electron chi connectivity index (χ1n) is 13.7. The molecule has 0 fully saturated rings. The van der Waals surface area contributed by atoms with Crippen LogP contribution in [-0.4, -0.2) is 35.9 Å². The van der Waals surface area contributed by atoms with Gasteiger partial charge in [0.05, 0.1) is 5.56 Å². The van der Waals surface area contributed by atoms with Gasteiger partial charge in [0.1, 0.15) is 5.84 Å². The second kappa shape index (κ2) is 11.7. The van der Waals surface area contributed by atoms with Crippen LogP contribution in [0.2, 0.25) is 0 Å². The number of carboxylic acids is 1. The van der Waals surface area contributed by atoms with Crippen LogP contribution in [0.4, 0.5) is 5.69 Å². The summed E-state index contributed by atoms with van der Waals surface area (Å²) in [6.45, 7) is 5.80. The van der Waals surface area contributed by atoms with Crippen LogP contribution in [-0.2, 0) is 6.54 Å². The van der Waals surface area contributed by atoms with E-state index in [9.17, 15) is 14.7 Å². The number of para-hydroxylation sites is 1. The quantitative estimate of drug-likeness (QED) is 0.163. The van der Waals surface area contributed by atoms with Gasteiger partial charge in [0, 0.05) is 47.9 Å². The zero-order valence-electron chi connectivity index (χ0n) is 23.2. The fourth-order valence-electron chi connectivity index (χ4n) is 5.45. The Balaban J connectivity index is 1.57. The molecule has 41 heavy (non-hydrogen) atoms. The average molecular weight is 547 g/mol. The van der Waals surface area contributed by atoms with Crippen molar-refractivity contribution in [3.05, 3.63) is 124 Å². The molecule has 1 aliphatic rings. The number of benzene rings is 4. The summed E-state index contributed by atoms with van der Waals surface area (Å²) in [5.74, 6) is -1.03. The first-order chi connectivity index (χ1) is 19.7. The molecule has 1 unspecified atom stereocenters. The third-order valence-electron chi connectivity index (χ3n) is 7.52. The molecule has 0 saturated carbocycles. The standard InChI is InChI=1S/C34H34N4O3/c1-21(2)18-37-33(39)24-14-15-26(29(17-24)34(40)41)27-10-6-7-11-31(27)38-19-25-13-12-23(32(35)36)16-28(25)30(20-38)22-8-4-3-5-9-22/h3-17,21,30H,18-20H2,1-2H3,(H3,35,36)(H,37,39)(H,40,41). The average Bonchev–Trinajstić information content (AvgIpc) is 2.99. The van der Waals surface area contributed by atoms with E-state index in [1.807, 2.05) is 74.5 Å². The van der Waals surface area contributed by atoms with Crippen LogP contribution < -0.4 is 16.0 Å². The summed E-state index contributed by atoms with van der Waals surface area (Å²) in [6.07, 6.45) is 0. The zero-order chi connectivity index (χ0) is 29.1. The van der Waals surface area contributed by atoms with Gasteiger partial charge in [-0.1, -0.05) is 80.6 Å². The number of hydrogen-bond donors (Lipinski definition) is 4. The van der Waals surface area contributed by atoms with Crippen molar-refractivity contribution < 1.29 is 14.7 Å². The molecule has 7 nitrogen and oxygen atoms in total. The highest BCUT2D eigenvalue weighted by molar-refractivity contribution is 6.03. The maximum absolute atomic E-state index is 12.7. The monoisotopic (exact) mass is 546 g/mol. The highest BCUT2D eigenvalue weighted by Gasteiger charge is 2.29. The summed E-state index contributed by atoms with van der Waals surface area (Å²) in [6, 6.07) is 28.9. The largest absolute Gasteiger partial charge is 0.478 e. The topological polar surface area (TPSA) is 120 Å². The van der Waals surface area contributed by atoms with Crippen molar-refractivity contribution in [2.75, 3.05) is 18.0 Å². The molecule has 7 heteroatoms. The lowest BCUT2D eigenvalue weighted by Gasteiger charge is -2.38. The SMILES string of the molecule is CC(C)CNC(=O)c1ccc(-c2ccccc2N2Cc3ccc(C(=N)N)cc3C(c3ccccc3)C2)c(C(=O)O)c1. The third-order valence-corrected chi connectivity index (χ3v) is 7.52. The molecule has 4 aromatic carbocycles. The molecule has 0 aromatic heterocycles. The van der Waals surface area contributed by atoms with E-state index < -0.39 is 5.97 Å². The van der Waals surface area contributed by atoms with Gasteiger partial charge in [-0.3, -0.25) is 10.2 Å².